The van der Waals surface area contributed by atoms with E-state index in [-0.39, 0.29) is 0 Å². The molecular formula is C45H28N4O. The fourth-order valence-corrected chi connectivity index (χ4v) is 7.13. The molecule has 0 aliphatic carbocycles. The lowest BCUT2D eigenvalue weighted by Crippen LogP contribution is -2.00. The van der Waals surface area contributed by atoms with Crippen LogP contribution in [0.3, 0.4) is 0 Å². The smallest absolute Gasteiger partial charge is 0.167 e. The molecule has 5 heteroatoms. The van der Waals surface area contributed by atoms with Gasteiger partial charge in [-0.15, -0.1) is 0 Å². The second-order valence-corrected chi connectivity index (χ2v) is 12.4. The largest absolute Gasteiger partial charge is 0.453 e. The minimum Gasteiger partial charge on any atom is -0.453 e. The van der Waals surface area contributed by atoms with Crippen LogP contribution in [0.2, 0.25) is 0 Å². The highest BCUT2D eigenvalue weighted by atomic mass is 16.3. The van der Waals surface area contributed by atoms with Crippen LogP contribution in [0.15, 0.2) is 174 Å². The Labute approximate surface area is 287 Å². The molecule has 10 aromatic rings. The molecule has 0 aliphatic rings. The number of hydrogen-bond donors (Lipinski definition) is 0. The van der Waals surface area contributed by atoms with E-state index in [1.807, 2.05) is 66.7 Å². The van der Waals surface area contributed by atoms with Crippen molar-refractivity contribution < 1.29 is 4.42 Å². The Kier molecular flexibility index (Phi) is 6.42. The molecular weight excluding hydrogens is 613 g/mol. The Morgan fingerprint density at radius 1 is 0.360 bits per heavy atom. The van der Waals surface area contributed by atoms with Crippen LogP contribution in [0.4, 0.5) is 0 Å². The van der Waals surface area contributed by atoms with Gasteiger partial charge in [-0.25, -0.2) is 15.0 Å². The third-order valence-corrected chi connectivity index (χ3v) is 9.46. The fraction of sp³-hybridized carbons (Fsp3) is 0. The highest BCUT2D eigenvalue weighted by Gasteiger charge is 2.21. The first-order chi connectivity index (χ1) is 24.8. The van der Waals surface area contributed by atoms with Crippen molar-refractivity contribution >= 4 is 43.7 Å². The van der Waals surface area contributed by atoms with Gasteiger partial charge in [0, 0.05) is 32.7 Å². The average molecular weight is 641 g/mol. The number of rotatable bonds is 5. The lowest BCUT2D eigenvalue weighted by Gasteiger charge is -2.09. The van der Waals surface area contributed by atoms with Crippen LogP contribution in [0.25, 0.3) is 94.7 Å². The predicted octanol–water partition coefficient (Wildman–Crippen LogP) is 11.5. The molecule has 0 saturated heterocycles. The van der Waals surface area contributed by atoms with Gasteiger partial charge in [0.25, 0.3) is 0 Å². The van der Waals surface area contributed by atoms with E-state index in [2.05, 4.69) is 108 Å². The van der Waals surface area contributed by atoms with E-state index >= 15 is 0 Å². The second-order valence-electron chi connectivity index (χ2n) is 12.4. The minimum atomic E-state index is 0.564. The summed E-state index contributed by atoms with van der Waals surface area (Å²) in [7, 11) is 0. The van der Waals surface area contributed by atoms with E-state index in [1.54, 1.807) is 0 Å². The second kappa shape index (κ2) is 11.4. The van der Waals surface area contributed by atoms with Gasteiger partial charge in [0.1, 0.15) is 5.58 Å². The Morgan fingerprint density at radius 3 is 1.60 bits per heavy atom. The summed E-state index contributed by atoms with van der Waals surface area (Å²) in [4.78, 5) is 14.9. The first-order valence-electron chi connectivity index (χ1n) is 16.7. The summed E-state index contributed by atoms with van der Waals surface area (Å²) >= 11 is 0. The maximum atomic E-state index is 6.95. The summed E-state index contributed by atoms with van der Waals surface area (Å²) in [5, 5.41) is 4.44. The molecule has 0 amide bonds. The number of benzene rings is 7. The van der Waals surface area contributed by atoms with E-state index in [0.29, 0.717) is 17.5 Å². The van der Waals surface area contributed by atoms with Gasteiger partial charge >= 0.3 is 0 Å². The van der Waals surface area contributed by atoms with E-state index < -0.39 is 0 Å². The van der Waals surface area contributed by atoms with Gasteiger partial charge in [0.2, 0.25) is 0 Å². The van der Waals surface area contributed by atoms with E-state index in [0.717, 1.165) is 55.3 Å². The first kappa shape index (κ1) is 28.2. The molecule has 0 bridgehead atoms. The zero-order valence-electron chi connectivity index (χ0n) is 26.9. The average Bonchev–Trinajstić information content (AvgIpc) is 3.74. The lowest BCUT2D eigenvalue weighted by molar-refractivity contribution is 0.667. The first-order valence-corrected chi connectivity index (χ1v) is 16.7. The van der Waals surface area contributed by atoms with Crippen molar-refractivity contribution in [2.75, 3.05) is 0 Å². The van der Waals surface area contributed by atoms with Crippen LogP contribution in [-0.2, 0) is 0 Å². The number of aromatic nitrogens is 4. The molecule has 234 valence electrons. The van der Waals surface area contributed by atoms with Crippen LogP contribution >= 0.6 is 0 Å². The molecule has 0 spiro atoms. The number of furan rings is 1. The van der Waals surface area contributed by atoms with Crippen molar-refractivity contribution in [3.05, 3.63) is 170 Å². The fourth-order valence-electron chi connectivity index (χ4n) is 7.13. The van der Waals surface area contributed by atoms with Crippen LogP contribution in [-0.4, -0.2) is 19.5 Å². The molecule has 3 heterocycles. The standard InChI is InChI=1S/C45H28N4O/c1-4-14-29(15-5-1)32-26-27-39-37(28-32)33-20-10-11-24-38(33)49(39)40-25-13-22-35-34-21-12-23-36(41(34)50-42(35)40)45-47-43(30-16-6-2-7-17-30)46-44(48-45)31-18-8-3-9-19-31/h1-28H. The monoisotopic (exact) mass is 640 g/mol. The zero-order valence-corrected chi connectivity index (χ0v) is 26.9. The Balaban J connectivity index is 1.21. The Morgan fingerprint density at radius 2 is 0.900 bits per heavy atom. The normalized spacial score (nSPS) is 11.6. The molecule has 0 unspecified atom stereocenters. The van der Waals surface area contributed by atoms with Gasteiger partial charge in [0.15, 0.2) is 23.1 Å². The third kappa shape index (κ3) is 4.52. The quantitative estimate of drug-likeness (QED) is 0.188. The lowest BCUT2D eigenvalue weighted by atomic mass is 10.0. The predicted molar refractivity (Wildman–Crippen MR) is 203 cm³/mol. The number of nitrogens with zero attached hydrogens (tertiary/aromatic N) is 4. The zero-order chi connectivity index (χ0) is 33.0. The van der Waals surface area contributed by atoms with Crippen LogP contribution in [0.1, 0.15) is 0 Å². The molecule has 10 rings (SSSR count). The Hall–Kier alpha value is -6.85. The van der Waals surface area contributed by atoms with Crippen LogP contribution < -0.4 is 0 Å². The van der Waals surface area contributed by atoms with Crippen LogP contribution in [0.5, 0.6) is 0 Å². The molecule has 0 atom stereocenters. The van der Waals surface area contributed by atoms with Crippen LogP contribution in [0, 0.1) is 0 Å². The molecule has 0 fully saturated rings. The van der Waals surface area contributed by atoms with Gasteiger partial charge < -0.3 is 8.98 Å². The summed E-state index contributed by atoms with van der Waals surface area (Å²) in [5.41, 5.74) is 9.83. The number of fused-ring (bicyclic) bond motifs is 6. The molecule has 5 nitrogen and oxygen atoms in total. The molecule has 0 saturated carbocycles. The van der Waals surface area contributed by atoms with Gasteiger partial charge in [-0.1, -0.05) is 140 Å². The molecule has 50 heavy (non-hydrogen) atoms. The minimum absolute atomic E-state index is 0.564. The van der Waals surface area contributed by atoms with Gasteiger partial charge in [-0.3, -0.25) is 0 Å². The van der Waals surface area contributed by atoms with Crippen molar-refractivity contribution in [2.45, 2.75) is 0 Å². The maximum Gasteiger partial charge on any atom is 0.167 e. The van der Waals surface area contributed by atoms with E-state index in [9.17, 15) is 0 Å². The van der Waals surface area contributed by atoms with Gasteiger partial charge in [0.05, 0.1) is 22.3 Å². The van der Waals surface area contributed by atoms with Gasteiger partial charge in [-0.05, 0) is 41.5 Å². The van der Waals surface area contributed by atoms with Crippen molar-refractivity contribution in [3.63, 3.8) is 0 Å². The highest BCUT2D eigenvalue weighted by Crippen LogP contribution is 2.41. The Bertz CT molecular complexity index is 2800. The third-order valence-electron chi connectivity index (χ3n) is 9.46. The van der Waals surface area contributed by atoms with Crippen molar-refractivity contribution in [2.24, 2.45) is 0 Å². The number of para-hydroxylation sites is 3. The topological polar surface area (TPSA) is 56.7 Å². The summed E-state index contributed by atoms with van der Waals surface area (Å²) in [6.45, 7) is 0. The summed E-state index contributed by atoms with van der Waals surface area (Å²) in [5.74, 6) is 1.79. The van der Waals surface area contributed by atoms with Crippen molar-refractivity contribution in [1.29, 1.82) is 0 Å². The molecule has 7 aromatic carbocycles. The van der Waals surface area contributed by atoms with E-state index in [4.69, 9.17) is 19.4 Å². The molecule has 0 N–H and O–H groups in total. The molecule has 3 aromatic heterocycles. The highest BCUT2D eigenvalue weighted by molar-refractivity contribution is 6.14. The summed E-state index contributed by atoms with van der Waals surface area (Å²) in [6.07, 6.45) is 0. The van der Waals surface area contributed by atoms with Crippen molar-refractivity contribution in [3.8, 4) is 51.0 Å². The van der Waals surface area contributed by atoms with E-state index in [1.165, 1.54) is 21.9 Å². The number of hydrogen-bond acceptors (Lipinski definition) is 4. The SMILES string of the molecule is c1ccc(-c2ccc3c(c2)c2ccccc2n3-c2cccc3c2oc2c(-c4nc(-c5ccccc5)nc(-c5ccccc5)n4)cccc23)cc1. The van der Waals surface area contributed by atoms with Crippen molar-refractivity contribution in [1.82, 2.24) is 19.5 Å². The summed E-state index contributed by atoms with van der Waals surface area (Å²) < 4.78 is 9.28. The molecule has 0 radical (unpaired) electrons. The van der Waals surface area contributed by atoms with Gasteiger partial charge in [-0.2, -0.15) is 0 Å². The summed E-state index contributed by atoms with van der Waals surface area (Å²) in [6, 6.07) is 58.6. The molecule has 0 aliphatic heterocycles. The maximum absolute atomic E-state index is 6.95.